The molecule has 0 saturated heterocycles. The molecule has 0 radical (unpaired) electrons. The first-order valence-electron chi connectivity index (χ1n) is 5.14. The van der Waals surface area contributed by atoms with E-state index in [4.69, 9.17) is 0 Å². The minimum Gasteiger partial charge on any atom is -0.387 e. The van der Waals surface area contributed by atoms with Crippen LogP contribution in [-0.4, -0.2) is 15.8 Å². The lowest BCUT2D eigenvalue weighted by molar-refractivity contribution is 0.199. The second kappa shape index (κ2) is 5.62. The third kappa shape index (κ3) is 3.28. The summed E-state index contributed by atoms with van der Waals surface area (Å²) < 4.78 is 14.3. The van der Waals surface area contributed by atoms with E-state index >= 15 is 0 Å². The topological polar surface area (TPSA) is 33.1 Å². The number of thioether (sulfide) groups is 1. The summed E-state index contributed by atoms with van der Waals surface area (Å²) >= 11 is 2.98. The van der Waals surface area contributed by atoms with E-state index < -0.39 is 6.10 Å². The molecule has 0 aliphatic rings. The van der Waals surface area contributed by atoms with Crippen molar-refractivity contribution in [2.24, 2.45) is 0 Å². The van der Waals surface area contributed by atoms with Crippen LogP contribution >= 0.6 is 23.1 Å². The summed E-state index contributed by atoms with van der Waals surface area (Å²) in [4.78, 5) is 4.28. The number of thiazole rings is 1. The molecule has 1 N–H and O–H groups in total. The highest BCUT2D eigenvalue weighted by Gasteiger charge is 2.13. The lowest BCUT2D eigenvalue weighted by Gasteiger charge is -2.10. The average molecular weight is 269 g/mol. The van der Waals surface area contributed by atoms with Gasteiger partial charge >= 0.3 is 0 Å². The predicted molar refractivity (Wildman–Crippen MR) is 68.9 cm³/mol. The summed E-state index contributed by atoms with van der Waals surface area (Å²) in [6, 6.07) is 6.30. The fourth-order valence-electron chi connectivity index (χ4n) is 1.38. The maximum absolute atomic E-state index is 13.4. The zero-order valence-electron chi connectivity index (χ0n) is 9.26. The number of halogens is 1. The number of benzene rings is 1. The maximum Gasteiger partial charge on any atom is 0.150 e. The molecule has 0 bridgehead atoms. The molecular formula is C12H12FNOS2. The molecule has 5 heteroatoms. The standard InChI is InChI=1S/C12H12FNOS2/c1-8-6-16-12(14-8)17-7-11(15)9-4-2-3-5-10(9)13/h2-6,11,15H,7H2,1H3. The summed E-state index contributed by atoms with van der Waals surface area (Å²) in [5.74, 6) is 0.0457. The molecule has 1 unspecified atom stereocenters. The molecule has 0 fully saturated rings. The molecule has 90 valence electrons. The van der Waals surface area contributed by atoms with Crippen molar-refractivity contribution >= 4 is 23.1 Å². The highest BCUT2D eigenvalue weighted by atomic mass is 32.2. The number of hydrogen-bond acceptors (Lipinski definition) is 4. The van der Waals surface area contributed by atoms with Gasteiger partial charge in [0.05, 0.1) is 6.10 Å². The first-order chi connectivity index (χ1) is 8.16. The fraction of sp³-hybridized carbons (Fsp3) is 0.250. The van der Waals surface area contributed by atoms with Gasteiger partial charge in [-0.3, -0.25) is 0 Å². The summed E-state index contributed by atoms with van der Waals surface area (Å²) in [6.45, 7) is 1.92. The van der Waals surface area contributed by atoms with Crippen LogP contribution in [0.1, 0.15) is 17.4 Å². The lowest BCUT2D eigenvalue weighted by atomic mass is 10.1. The summed E-state index contributed by atoms with van der Waals surface area (Å²) in [7, 11) is 0. The molecule has 1 aromatic carbocycles. The Balaban J connectivity index is 1.98. The van der Waals surface area contributed by atoms with E-state index in [2.05, 4.69) is 4.98 Å². The van der Waals surface area contributed by atoms with Gasteiger partial charge in [0.2, 0.25) is 0 Å². The largest absolute Gasteiger partial charge is 0.387 e. The van der Waals surface area contributed by atoms with Gasteiger partial charge in [0.1, 0.15) is 10.2 Å². The number of aliphatic hydroxyl groups excluding tert-OH is 1. The number of aryl methyl sites for hydroxylation is 1. The molecule has 2 aromatic rings. The highest BCUT2D eigenvalue weighted by Crippen LogP contribution is 2.28. The van der Waals surface area contributed by atoms with E-state index in [0.29, 0.717) is 11.3 Å². The Morgan fingerprint density at radius 3 is 2.88 bits per heavy atom. The van der Waals surface area contributed by atoms with Crippen LogP contribution in [0, 0.1) is 12.7 Å². The highest BCUT2D eigenvalue weighted by molar-refractivity contribution is 8.01. The zero-order valence-corrected chi connectivity index (χ0v) is 10.9. The van der Waals surface area contributed by atoms with Gasteiger partial charge < -0.3 is 5.11 Å². The van der Waals surface area contributed by atoms with Gasteiger partial charge in [-0.25, -0.2) is 9.37 Å². The molecule has 0 saturated carbocycles. The van der Waals surface area contributed by atoms with Crippen molar-refractivity contribution in [2.45, 2.75) is 17.4 Å². The van der Waals surface area contributed by atoms with Crippen LogP contribution in [0.15, 0.2) is 34.0 Å². The Morgan fingerprint density at radius 1 is 1.47 bits per heavy atom. The number of aromatic nitrogens is 1. The van der Waals surface area contributed by atoms with Crippen molar-refractivity contribution in [1.82, 2.24) is 4.98 Å². The van der Waals surface area contributed by atoms with E-state index in [0.717, 1.165) is 10.0 Å². The predicted octanol–water partition coefficient (Wildman–Crippen LogP) is 3.42. The van der Waals surface area contributed by atoms with Crippen LogP contribution in [0.5, 0.6) is 0 Å². The van der Waals surface area contributed by atoms with E-state index in [1.807, 2.05) is 12.3 Å². The number of rotatable bonds is 4. The van der Waals surface area contributed by atoms with Gasteiger partial charge in [-0.05, 0) is 13.0 Å². The maximum atomic E-state index is 13.4. The van der Waals surface area contributed by atoms with Gasteiger partial charge in [0.25, 0.3) is 0 Å². The van der Waals surface area contributed by atoms with Crippen molar-refractivity contribution in [3.63, 3.8) is 0 Å². The van der Waals surface area contributed by atoms with E-state index in [1.165, 1.54) is 29.2 Å². The number of nitrogens with zero attached hydrogens (tertiary/aromatic N) is 1. The second-order valence-electron chi connectivity index (χ2n) is 3.60. The Morgan fingerprint density at radius 2 is 2.24 bits per heavy atom. The van der Waals surface area contributed by atoms with Crippen molar-refractivity contribution < 1.29 is 9.50 Å². The first kappa shape index (κ1) is 12.5. The number of hydrogen-bond donors (Lipinski definition) is 1. The minimum absolute atomic E-state index is 0.341. The lowest BCUT2D eigenvalue weighted by Crippen LogP contribution is -2.03. The molecule has 0 aliphatic heterocycles. The van der Waals surface area contributed by atoms with Crippen molar-refractivity contribution in [3.05, 3.63) is 46.7 Å². The summed E-state index contributed by atoms with van der Waals surface area (Å²) in [5, 5.41) is 11.8. The summed E-state index contributed by atoms with van der Waals surface area (Å²) in [6.07, 6.45) is -0.801. The monoisotopic (exact) mass is 269 g/mol. The van der Waals surface area contributed by atoms with Crippen molar-refractivity contribution in [2.75, 3.05) is 5.75 Å². The normalized spacial score (nSPS) is 12.6. The van der Waals surface area contributed by atoms with Crippen LogP contribution in [0.4, 0.5) is 4.39 Å². The molecule has 0 spiro atoms. The molecule has 1 heterocycles. The number of aliphatic hydroxyl groups is 1. The molecule has 1 aromatic heterocycles. The fourth-order valence-corrected chi connectivity index (χ4v) is 3.21. The molecule has 2 rings (SSSR count). The first-order valence-corrected chi connectivity index (χ1v) is 7.01. The van der Waals surface area contributed by atoms with Crippen LogP contribution in [0.25, 0.3) is 0 Å². The van der Waals surface area contributed by atoms with Gasteiger partial charge in [0, 0.05) is 22.4 Å². The molecule has 0 amide bonds. The molecule has 17 heavy (non-hydrogen) atoms. The molecular weight excluding hydrogens is 257 g/mol. The zero-order chi connectivity index (χ0) is 12.3. The Bertz CT molecular complexity index is 501. The SMILES string of the molecule is Cc1csc(SCC(O)c2ccccc2F)n1. The van der Waals surface area contributed by atoms with Gasteiger partial charge in [-0.1, -0.05) is 30.0 Å². The van der Waals surface area contributed by atoms with Crippen molar-refractivity contribution in [1.29, 1.82) is 0 Å². The van der Waals surface area contributed by atoms with E-state index in [9.17, 15) is 9.50 Å². The van der Waals surface area contributed by atoms with Gasteiger partial charge in [-0.2, -0.15) is 0 Å². The second-order valence-corrected chi connectivity index (χ2v) is 5.73. The Hall–Kier alpha value is -0.910. The van der Waals surface area contributed by atoms with Gasteiger partial charge in [0.15, 0.2) is 0 Å². The smallest absolute Gasteiger partial charge is 0.150 e. The molecule has 0 aliphatic carbocycles. The quantitative estimate of drug-likeness (QED) is 0.863. The van der Waals surface area contributed by atoms with Gasteiger partial charge in [-0.15, -0.1) is 11.3 Å². The van der Waals surface area contributed by atoms with Crippen LogP contribution < -0.4 is 0 Å². The Labute approximate surface area is 108 Å². The van der Waals surface area contributed by atoms with Crippen LogP contribution in [0.3, 0.4) is 0 Å². The minimum atomic E-state index is -0.801. The summed E-state index contributed by atoms with van der Waals surface area (Å²) in [5.41, 5.74) is 1.31. The van der Waals surface area contributed by atoms with E-state index in [1.54, 1.807) is 18.2 Å². The van der Waals surface area contributed by atoms with E-state index in [-0.39, 0.29) is 5.82 Å². The third-order valence-corrected chi connectivity index (χ3v) is 4.44. The molecule has 1 atom stereocenters. The van der Waals surface area contributed by atoms with Crippen LogP contribution in [-0.2, 0) is 0 Å². The average Bonchev–Trinajstić information content (AvgIpc) is 2.73. The third-order valence-electron chi connectivity index (χ3n) is 2.23. The Kier molecular flexibility index (Phi) is 4.15. The molecule has 2 nitrogen and oxygen atoms in total. The van der Waals surface area contributed by atoms with Crippen LogP contribution in [0.2, 0.25) is 0 Å². The van der Waals surface area contributed by atoms with Crippen molar-refractivity contribution in [3.8, 4) is 0 Å².